The Labute approximate surface area is 568 Å². The molecule has 2 aromatic heterocycles. The number of hydrogen-bond acceptors (Lipinski definition) is 15. The largest absolute Gasteiger partial charge is 0.494 e. The molecule has 3 N–H and O–H groups in total. The first-order valence-corrected chi connectivity index (χ1v) is 33.4. The second-order valence-corrected chi connectivity index (χ2v) is 23.8. The van der Waals surface area contributed by atoms with Gasteiger partial charge >= 0.3 is 23.9 Å². The average molecular weight is 1310 g/mol. The number of unbranched alkanes of at least 4 members (excludes halogenated alkanes) is 8. The smallest absolute Gasteiger partial charge is 0.331 e. The van der Waals surface area contributed by atoms with E-state index in [1.54, 1.807) is 55.1 Å². The van der Waals surface area contributed by atoms with Crippen molar-refractivity contribution in [3.8, 4) is 56.5 Å². The summed E-state index contributed by atoms with van der Waals surface area (Å²) in [7, 11) is 1.18. The van der Waals surface area contributed by atoms with Gasteiger partial charge in [0.2, 0.25) is 5.91 Å². The van der Waals surface area contributed by atoms with Gasteiger partial charge in [-0.05, 0) is 88.9 Å². The minimum absolute atomic E-state index is 0.0536. The van der Waals surface area contributed by atoms with Crippen molar-refractivity contribution < 1.29 is 57.9 Å². The van der Waals surface area contributed by atoms with Gasteiger partial charge in [-0.1, -0.05) is 229 Å². The molecule has 1 amide bonds. The Morgan fingerprint density at radius 1 is 0.433 bits per heavy atom. The van der Waals surface area contributed by atoms with E-state index in [0.29, 0.717) is 23.8 Å². The third-order valence-electron chi connectivity index (χ3n) is 16.3. The summed E-state index contributed by atoms with van der Waals surface area (Å²) in [5.41, 5.74) is 9.03. The molecule has 17 nitrogen and oxygen atoms in total. The Hall–Kier alpha value is -10.4. The zero-order valence-electron chi connectivity index (χ0n) is 55.5. The van der Waals surface area contributed by atoms with Gasteiger partial charge in [-0.15, -0.1) is 0 Å². The van der Waals surface area contributed by atoms with Crippen LogP contribution in [0.3, 0.4) is 0 Å². The van der Waals surface area contributed by atoms with Gasteiger partial charge in [-0.2, -0.15) is 0 Å². The van der Waals surface area contributed by atoms with E-state index in [-0.39, 0.29) is 38.9 Å². The molecule has 0 aliphatic carbocycles. The van der Waals surface area contributed by atoms with Crippen LogP contribution in [0.15, 0.2) is 213 Å². The number of ether oxygens (including phenoxy) is 5. The van der Waals surface area contributed by atoms with Crippen molar-refractivity contribution in [2.45, 2.75) is 129 Å². The molecule has 0 bridgehead atoms. The molecule has 0 saturated carbocycles. The lowest BCUT2D eigenvalue weighted by Crippen LogP contribution is -2.48. The second-order valence-electron chi connectivity index (χ2n) is 23.8. The van der Waals surface area contributed by atoms with E-state index < -0.39 is 53.8 Å². The molecule has 9 rings (SSSR count). The number of carbonyl (C=O) groups is 5. The van der Waals surface area contributed by atoms with Crippen LogP contribution in [0.4, 0.5) is 0 Å². The molecule has 7 aromatic carbocycles. The Balaban J connectivity index is 0.000000257. The normalized spacial score (nSPS) is 12.1. The summed E-state index contributed by atoms with van der Waals surface area (Å²) in [6.45, 7) is 6.05. The Morgan fingerprint density at radius 3 is 1.22 bits per heavy atom. The van der Waals surface area contributed by atoms with Crippen LogP contribution in [-0.4, -0.2) is 86.3 Å². The number of aromatic nitrogens is 4. The standard InChI is InChI=1S/C45H49N3O7.C35H38N2O5/c1-3-4-5-6-13-26-54-39-24-22-34(23-25-39)38-29-46-43(47-30-38)36-20-18-32(19-21-36)27-37(28-40(49)55-31-33-14-9-7-10-15-33)44(51)48-41(45(52)53-2)42(50)35-16-11-8-12-17-35;1-2-3-4-5-9-20-41-32-18-16-28(17-19-32)31-23-36-34(37-24-31)29-14-12-26(13-15-29)21-30(35(39)40)22-33(38)42-25-27-10-7-6-8-11-27/h7-12,14-25,29-30,37,41-42,50H,3-6,13,26-28,31H2,1-2H3,(H,48,51);6-8,10-19,23-24,30H,2-5,9,20-22,25H2,1H3,(H,39,40)/t37-,41?,42?;30-/m11/s1. The highest BCUT2D eigenvalue weighted by Gasteiger charge is 2.34. The maximum atomic E-state index is 13.8. The van der Waals surface area contributed by atoms with Gasteiger partial charge in [-0.25, -0.2) is 24.7 Å². The lowest BCUT2D eigenvalue weighted by atomic mass is 9.93. The van der Waals surface area contributed by atoms with Crippen LogP contribution in [0, 0.1) is 11.8 Å². The lowest BCUT2D eigenvalue weighted by molar-refractivity contribution is -0.152. The number of carboxylic acids is 1. The number of nitrogens with one attached hydrogen (secondary N) is 1. The number of aliphatic hydroxyl groups excluding tert-OH is 1. The predicted octanol–water partition coefficient (Wildman–Crippen LogP) is 15.4. The fourth-order valence-corrected chi connectivity index (χ4v) is 10.7. The molecule has 0 fully saturated rings. The second kappa shape index (κ2) is 39.5. The Bertz CT molecular complexity index is 3810. The van der Waals surface area contributed by atoms with Gasteiger partial charge < -0.3 is 39.2 Å². The van der Waals surface area contributed by atoms with Crippen molar-refractivity contribution in [2.24, 2.45) is 11.8 Å². The van der Waals surface area contributed by atoms with E-state index in [2.05, 4.69) is 39.1 Å². The van der Waals surface area contributed by atoms with Crippen molar-refractivity contribution in [1.82, 2.24) is 25.3 Å². The Kier molecular flexibility index (Phi) is 29.5. The summed E-state index contributed by atoms with van der Waals surface area (Å²) in [4.78, 5) is 82.0. The predicted molar refractivity (Wildman–Crippen MR) is 373 cm³/mol. The first-order valence-electron chi connectivity index (χ1n) is 33.4. The molecular formula is C80H87N5O12. The highest BCUT2D eigenvalue weighted by molar-refractivity contribution is 5.89. The summed E-state index contributed by atoms with van der Waals surface area (Å²) >= 11 is 0. The minimum Gasteiger partial charge on any atom is -0.494 e. The van der Waals surface area contributed by atoms with E-state index >= 15 is 0 Å². The number of aliphatic carboxylic acids is 1. The number of methoxy groups -OCH3 is 1. The zero-order valence-corrected chi connectivity index (χ0v) is 55.5. The summed E-state index contributed by atoms with van der Waals surface area (Å²) in [6, 6.07) is 56.4. The maximum Gasteiger partial charge on any atom is 0.331 e. The molecule has 504 valence electrons. The highest BCUT2D eigenvalue weighted by Crippen LogP contribution is 2.28. The fraction of sp³-hybridized carbons (Fsp3) is 0.312. The van der Waals surface area contributed by atoms with Crippen molar-refractivity contribution in [3.63, 3.8) is 0 Å². The van der Waals surface area contributed by atoms with Gasteiger partial charge in [0.25, 0.3) is 0 Å². The van der Waals surface area contributed by atoms with Crippen LogP contribution in [0.25, 0.3) is 45.0 Å². The molecule has 4 atom stereocenters. The average Bonchev–Trinajstić information content (AvgIpc) is 0.928. The van der Waals surface area contributed by atoms with Crippen LogP contribution in [0.1, 0.15) is 125 Å². The molecule has 0 aliphatic rings. The SMILES string of the molecule is CCCCCCCOc1ccc(-c2cnc(-c3ccc(C[C@H](CC(=O)OCc4ccccc4)C(=O)NC(C(=O)OC)C(O)c4ccccc4)cc3)nc2)cc1.CCCCCCCOc1ccc(-c2cnc(-c3ccc(C[C@H](CC(=O)OCc4ccccc4)C(=O)O)cc3)nc2)cc1. The fourth-order valence-electron chi connectivity index (χ4n) is 10.7. The number of aliphatic hydroxyl groups is 1. The van der Waals surface area contributed by atoms with Crippen LogP contribution < -0.4 is 14.8 Å². The third-order valence-corrected chi connectivity index (χ3v) is 16.3. The van der Waals surface area contributed by atoms with Gasteiger partial charge in [0, 0.05) is 47.0 Å². The number of amides is 1. The number of benzene rings is 7. The number of nitrogens with zero attached hydrogens (tertiary/aromatic N) is 4. The van der Waals surface area contributed by atoms with E-state index in [1.807, 2.05) is 158 Å². The first-order chi connectivity index (χ1) is 47.4. The number of rotatable bonds is 36. The number of hydrogen-bond donors (Lipinski definition) is 3. The van der Waals surface area contributed by atoms with Crippen molar-refractivity contribution in [3.05, 3.63) is 241 Å². The number of esters is 3. The van der Waals surface area contributed by atoms with Crippen molar-refractivity contribution in [2.75, 3.05) is 20.3 Å². The molecule has 97 heavy (non-hydrogen) atoms. The number of carboxylic acid groups (broad SMARTS) is 1. The molecule has 0 spiro atoms. The van der Waals surface area contributed by atoms with E-state index in [0.717, 1.165) is 86.6 Å². The third kappa shape index (κ3) is 24.1. The van der Waals surface area contributed by atoms with Crippen molar-refractivity contribution >= 4 is 29.8 Å². The number of carbonyl (C=O) groups excluding carboxylic acids is 4. The van der Waals surface area contributed by atoms with Crippen LogP contribution >= 0.6 is 0 Å². The van der Waals surface area contributed by atoms with E-state index in [1.165, 1.54) is 58.5 Å². The molecule has 9 aromatic rings. The molecule has 2 heterocycles. The zero-order chi connectivity index (χ0) is 68.4. The van der Waals surface area contributed by atoms with E-state index in [9.17, 15) is 34.2 Å². The van der Waals surface area contributed by atoms with Crippen LogP contribution in [0.5, 0.6) is 11.5 Å². The van der Waals surface area contributed by atoms with E-state index in [4.69, 9.17) is 23.7 Å². The maximum absolute atomic E-state index is 13.8. The van der Waals surface area contributed by atoms with Crippen molar-refractivity contribution in [1.29, 1.82) is 0 Å². The minimum atomic E-state index is -1.40. The quantitative estimate of drug-likeness (QED) is 0.0188. The topological polar surface area (TPSA) is 236 Å². The first kappa shape index (κ1) is 72.4. The molecular weight excluding hydrogens is 1220 g/mol. The molecule has 0 radical (unpaired) electrons. The highest BCUT2D eigenvalue weighted by atomic mass is 16.5. The lowest BCUT2D eigenvalue weighted by Gasteiger charge is -2.25. The van der Waals surface area contributed by atoms with Gasteiger partial charge in [0.15, 0.2) is 17.7 Å². The molecule has 17 heteroatoms. The van der Waals surface area contributed by atoms with Crippen LogP contribution in [0.2, 0.25) is 0 Å². The molecule has 0 aliphatic heterocycles. The molecule has 0 saturated heterocycles. The monoisotopic (exact) mass is 1310 g/mol. The van der Waals surface area contributed by atoms with Gasteiger partial charge in [0.1, 0.15) is 30.8 Å². The van der Waals surface area contributed by atoms with Gasteiger partial charge in [-0.3, -0.25) is 19.2 Å². The summed E-state index contributed by atoms with van der Waals surface area (Å²) in [5, 5.41) is 23.4. The Morgan fingerprint density at radius 2 is 0.814 bits per heavy atom. The van der Waals surface area contributed by atoms with Crippen LogP contribution in [-0.2, 0) is 64.2 Å². The molecule has 2 unspecified atom stereocenters. The van der Waals surface area contributed by atoms with Gasteiger partial charge in [0.05, 0.1) is 45.0 Å². The summed E-state index contributed by atoms with van der Waals surface area (Å²) in [5.74, 6) is -2.55. The summed E-state index contributed by atoms with van der Waals surface area (Å²) < 4.78 is 27.5. The summed E-state index contributed by atoms with van der Waals surface area (Å²) in [6.07, 6.45) is 17.7.